The predicted octanol–water partition coefficient (Wildman–Crippen LogP) is 4.84. The largest absolute Gasteiger partial charge is 0.388 e. The SMILES string of the molecule is Cc1ccc(C(O)C(CN)c2ccc(Cl)c(Cl)c2)c(Br)c1. The number of hydrogen-bond acceptors (Lipinski definition) is 2. The summed E-state index contributed by atoms with van der Waals surface area (Å²) >= 11 is 15.5. The fourth-order valence-corrected chi connectivity index (χ4v) is 3.31. The standard InChI is InChI=1S/C16H16BrCl2NO/c1-9-2-4-11(13(17)6-9)16(21)12(8-20)10-3-5-14(18)15(19)7-10/h2-7,12,16,21H,8,20H2,1H3. The lowest BCUT2D eigenvalue weighted by molar-refractivity contribution is 0.146. The van der Waals surface area contributed by atoms with E-state index in [1.54, 1.807) is 12.1 Å². The Labute approximate surface area is 143 Å². The van der Waals surface area contributed by atoms with Crippen LogP contribution in [0, 0.1) is 6.92 Å². The van der Waals surface area contributed by atoms with Crippen molar-refractivity contribution >= 4 is 39.1 Å². The highest BCUT2D eigenvalue weighted by atomic mass is 79.9. The quantitative estimate of drug-likeness (QED) is 0.786. The maximum atomic E-state index is 10.7. The van der Waals surface area contributed by atoms with Gasteiger partial charge in [0.2, 0.25) is 0 Å². The lowest BCUT2D eigenvalue weighted by Crippen LogP contribution is -2.20. The molecule has 0 amide bonds. The molecule has 2 aromatic carbocycles. The van der Waals surface area contributed by atoms with Crippen LogP contribution in [-0.2, 0) is 0 Å². The van der Waals surface area contributed by atoms with Gasteiger partial charge in [0.05, 0.1) is 16.1 Å². The first-order valence-corrected chi connectivity index (χ1v) is 8.08. The summed E-state index contributed by atoms with van der Waals surface area (Å²) in [5, 5.41) is 11.6. The first kappa shape index (κ1) is 16.8. The number of aliphatic hydroxyl groups is 1. The normalized spacial score (nSPS) is 14.0. The second kappa shape index (κ2) is 7.12. The Balaban J connectivity index is 2.37. The lowest BCUT2D eigenvalue weighted by Gasteiger charge is -2.23. The maximum Gasteiger partial charge on any atom is 0.0881 e. The molecular formula is C16H16BrCl2NO. The summed E-state index contributed by atoms with van der Waals surface area (Å²) in [6.45, 7) is 2.31. The molecule has 0 aromatic heterocycles. The zero-order valence-corrected chi connectivity index (χ0v) is 14.6. The third kappa shape index (κ3) is 3.79. The number of halogens is 3. The van der Waals surface area contributed by atoms with Crippen molar-refractivity contribution in [3.05, 3.63) is 67.6 Å². The zero-order chi connectivity index (χ0) is 15.6. The smallest absolute Gasteiger partial charge is 0.0881 e. The van der Waals surface area contributed by atoms with E-state index in [9.17, 15) is 5.11 Å². The molecule has 0 aliphatic carbocycles. The summed E-state index contributed by atoms with van der Waals surface area (Å²) < 4.78 is 0.869. The van der Waals surface area contributed by atoms with Crippen LogP contribution in [0.25, 0.3) is 0 Å². The molecule has 2 unspecified atom stereocenters. The molecule has 0 spiro atoms. The van der Waals surface area contributed by atoms with E-state index in [-0.39, 0.29) is 5.92 Å². The molecule has 0 saturated heterocycles. The van der Waals surface area contributed by atoms with Gasteiger partial charge in [-0.15, -0.1) is 0 Å². The minimum Gasteiger partial charge on any atom is -0.388 e. The van der Waals surface area contributed by atoms with E-state index >= 15 is 0 Å². The molecule has 0 fully saturated rings. The average molecular weight is 389 g/mol. The van der Waals surface area contributed by atoms with Crippen LogP contribution in [0.3, 0.4) is 0 Å². The molecule has 2 aromatic rings. The van der Waals surface area contributed by atoms with Crippen molar-refractivity contribution in [3.63, 3.8) is 0 Å². The van der Waals surface area contributed by atoms with Gasteiger partial charge in [-0.2, -0.15) is 0 Å². The molecule has 0 bridgehead atoms. The number of nitrogens with two attached hydrogens (primary N) is 1. The minimum atomic E-state index is -0.720. The van der Waals surface area contributed by atoms with Crippen molar-refractivity contribution in [2.75, 3.05) is 6.54 Å². The summed E-state index contributed by atoms with van der Waals surface area (Å²) in [6, 6.07) is 11.2. The van der Waals surface area contributed by atoms with Gasteiger partial charge in [-0.25, -0.2) is 0 Å². The number of rotatable bonds is 4. The first-order valence-electron chi connectivity index (χ1n) is 6.53. The fourth-order valence-electron chi connectivity index (χ4n) is 2.28. The molecule has 2 atom stereocenters. The van der Waals surface area contributed by atoms with E-state index in [0.29, 0.717) is 16.6 Å². The molecule has 2 rings (SSSR count). The van der Waals surface area contributed by atoms with Crippen molar-refractivity contribution < 1.29 is 5.11 Å². The highest BCUT2D eigenvalue weighted by Gasteiger charge is 2.23. The van der Waals surface area contributed by atoms with Gasteiger partial charge in [0.25, 0.3) is 0 Å². The highest BCUT2D eigenvalue weighted by molar-refractivity contribution is 9.10. The van der Waals surface area contributed by atoms with Crippen LogP contribution in [0.1, 0.15) is 28.7 Å². The Kier molecular flexibility index (Phi) is 5.69. The Hall–Kier alpha value is -0.580. The minimum absolute atomic E-state index is 0.251. The Bertz CT molecular complexity index is 648. The molecule has 0 heterocycles. The summed E-state index contributed by atoms with van der Waals surface area (Å²) in [4.78, 5) is 0. The van der Waals surface area contributed by atoms with Crippen LogP contribution in [0.5, 0.6) is 0 Å². The summed E-state index contributed by atoms with van der Waals surface area (Å²) in [5.41, 5.74) is 8.66. The second-order valence-corrected chi connectivity index (χ2v) is 6.65. The van der Waals surface area contributed by atoms with Crippen molar-refractivity contribution in [1.29, 1.82) is 0 Å². The lowest BCUT2D eigenvalue weighted by atomic mass is 9.89. The van der Waals surface area contributed by atoms with Crippen LogP contribution in [0.4, 0.5) is 0 Å². The van der Waals surface area contributed by atoms with Crippen LogP contribution < -0.4 is 5.73 Å². The Morgan fingerprint density at radius 3 is 2.43 bits per heavy atom. The predicted molar refractivity (Wildman–Crippen MR) is 92.1 cm³/mol. The van der Waals surface area contributed by atoms with E-state index in [1.165, 1.54) is 0 Å². The Morgan fingerprint density at radius 2 is 1.86 bits per heavy atom. The van der Waals surface area contributed by atoms with Crippen molar-refractivity contribution in [2.45, 2.75) is 18.9 Å². The molecule has 3 N–H and O–H groups in total. The van der Waals surface area contributed by atoms with E-state index in [2.05, 4.69) is 15.9 Å². The summed E-state index contributed by atoms with van der Waals surface area (Å²) in [6.07, 6.45) is -0.720. The topological polar surface area (TPSA) is 46.2 Å². The van der Waals surface area contributed by atoms with Gasteiger partial charge in [0.1, 0.15) is 0 Å². The molecule has 2 nitrogen and oxygen atoms in total. The van der Waals surface area contributed by atoms with Crippen LogP contribution in [-0.4, -0.2) is 11.7 Å². The Morgan fingerprint density at radius 1 is 1.14 bits per heavy atom. The van der Waals surface area contributed by atoms with Gasteiger partial charge in [0.15, 0.2) is 0 Å². The molecular weight excluding hydrogens is 373 g/mol. The van der Waals surface area contributed by atoms with Crippen LogP contribution in [0.2, 0.25) is 10.0 Å². The first-order chi connectivity index (χ1) is 9.93. The van der Waals surface area contributed by atoms with E-state index in [1.807, 2.05) is 31.2 Å². The molecule has 5 heteroatoms. The van der Waals surface area contributed by atoms with Crippen LogP contribution in [0.15, 0.2) is 40.9 Å². The average Bonchev–Trinajstić information content (AvgIpc) is 2.43. The van der Waals surface area contributed by atoms with E-state index in [4.69, 9.17) is 28.9 Å². The fraction of sp³-hybridized carbons (Fsp3) is 0.250. The third-order valence-electron chi connectivity index (χ3n) is 3.48. The van der Waals surface area contributed by atoms with Crippen molar-refractivity contribution in [2.24, 2.45) is 5.73 Å². The van der Waals surface area contributed by atoms with E-state index in [0.717, 1.165) is 21.2 Å². The molecule has 0 aliphatic rings. The van der Waals surface area contributed by atoms with Gasteiger partial charge in [-0.3, -0.25) is 0 Å². The second-order valence-electron chi connectivity index (χ2n) is 4.99. The molecule has 0 saturated carbocycles. The number of benzene rings is 2. The van der Waals surface area contributed by atoms with Gasteiger partial charge in [-0.1, -0.05) is 57.3 Å². The van der Waals surface area contributed by atoms with Gasteiger partial charge >= 0.3 is 0 Å². The molecule has 0 radical (unpaired) electrons. The molecule has 112 valence electrons. The van der Waals surface area contributed by atoms with Crippen LogP contribution >= 0.6 is 39.1 Å². The highest BCUT2D eigenvalue weighted by Crippen LogP contribution is 2.36. The van der Waals surface area contributed by atoms with Crippen molar-refractivity contribution in [1.82, 2.24) is 0 Å². The van der Waals surface area contributed by atoms with Gasteiger partial charge < -0.3 is 10.8 Å². The molecule has 0 aliphatic heterocycles. The van der Waals surface area contributed by atoms with Gasteiger partial charge in [-0.05, 0) is 41.8 Å². The van der Waals surface area contributed by atoms with E-state index < -0.39 is 6.10 Å². The zero-order valence-electron chi connectivity index (χ0n) is 11.5. The summed E-state index contributed by atoms with van der Waals surface area (Å²) in [7, 11) is 0. The van der Waals surface area contributed by atoms with Gasteiger partial charge in [0, 0.05) is 16.9 Å². The molecule has 21 heavy (non-hydrogen) atoms. The number of aliphatic hydroxyl groups excluding tert-OH is 1. The number of hydrogen-bond donors (Lipinski definition) is 2. The monoisotopic (exact) mass is 387 g/mol. The number of aryl methyl sites for hydroxylation is 1. The van der Waals surface area contributed by atoms with Crippen molar-refractivity contribution in [3.8, 4) is 0 Å². The maximum absolute atomic E-state index is 10.7. The summed E-state index contributed by atoms with van der Waals surface area (Å²) in [5.74, 6) is -0.251. The third-order valence-corrected chi connectivity index (χ3v) is 4.91.